The van der Waals surface area contributed by atoms with Gasteiger partial charge in [0.1, 0.15) is 0 Å². The highest BCUT2D eigenvalue weighted by molar-refractivity contribution is 6.30. The van der Waals surface area contributed by atoms with Crippen molar-refractivity contribution in [3.05, 3.63) is 34.9 Å². The molecule has 1 heterocycles. The molecule has 1 N–H and O–H groups in total. The number of morpholine rings is 1. The highest BCUT2D eigenvalue weighted by Crippen LogP contribution is 2.35. The Morgan fingerprint density at radius 3 is 2.59 bits per heavy atom. The van der Waals surface area contributed by atoms with Crippen LogP contribution in [0.25, 0.3) is 0 Å². The van der Waals surface area contributed by atoms with Crippen molar-refractivity contribution in [2.75, 3.05) is 19.7 Å². The van der Waals surface area contributed by atoms with Gasteiger partial charge < -0.3 is 9.84 Å². The second-order valence-corrected chi connectivity index (χ2v) is 6.96. The number of ether oxygens (including phenoxy) is 1. The average molecular weight is 328 g/mol. The molecule has 2 fully saturated rings. The molecule has 1 aromatic carbocycles. The number of aliphatic hydroxyl groups is 1. The smallest absolute Gasteiger partial charge is 0.285 e. The summed E-state index contributed by atoms with van der Waals surface area (Å²) in [5, 5.41) is 11.8. The van der Waals surface area contributed by atoms with Crippen molar-refractivity contribution in [2.24, 2.45) is 0 Å². The maximum Gasteiger partial charge on any atom is 0.285 e. The summed E-state index contributed by atoms with van der Waals surface area (Å²) >= 11 is 5.94. The zero-order valence-corrected chi connectivity index (χ0v) is 13.7. The molecule has 3 rings (SSSR count). The molecule has 1 aromatic rings. The van der Waals surface area contributed by atoms with Crippen molar-refractivity contribution >= 4 is 11.6 Å². The zero-order chi connectivity index (χ0) is 15.8. The fourth-order valence-electron chi connectivity index (χ4n) is 2.52. The van der Waals surface area contributed by atoms with E-state index in [0.29, 0.717) is 30.3 Å². The van der Waals surface area contributed by atoms with E-state index in [2.05, 4.69) is 0 Å². The van der Waals surface area contributed by atoms with Crippen molar-refractivity contribution in [3.63, 3.8) is 0 Å². The Hall–Kier alpha value is -0.690. The van der Waals surface area contributed by atoms with Gasteiger partial charge in [0.15, 0.2) is 0 Å². The van der Waals surface area contributed by atoms with E-state index in [1.165, 1.54) is 0 Å². The molecular weight excluding hydrogens is 306 g/mol. The molecule has 0 spiro atoms. The predicted molar refractivity (Wildman–Crippen MR) is 82.1 cm³/mol. The summed E-state index contributed by atoms with van der Waals surface area (Å²) in [6.45, 7) is 5.58. The van der Waals surface area contributed by atoms with Crippen molar-refractivity contribution in [1.82, 2.24) is 4.90 Å². The van der Waals surface area contributed by atoms with Gasteiger partial charge in [0, 0.05) is 23.7 Å². The summed E-state index contributed by atoms with van der Waals surface area (Å²) in [6, 6.07) is 6.96. The fourth-order valence-corrected chi connectivity index (χ4v) is 2.65. The minimum atomic E-state index is -1.64. The SMILES string of the molecule is CC1(C)CN(C(O)(OOC2CC2)c2ccc(Cl)cc2)CCO1. The van der Waals surface area contributed by atoms with E-state index < -0.39 is 5.91 Å². The number of halogens is 1. The third-order valence-corrected chi connectivity index (χ3v) is 4.15. The van der Waals surface area contributed by atoms with Crippen LogP contribution in [0.1, 0.15) is 32.3 Å². The molecule has 1 saturated carbocycles. The first kappa shape index (κ1) is 16.2. The summed E-state index contributed by atoms with van der Waals surface area (Å²) < 4.78 is 5.71. The van der Waals surface area contributed by atoms with E-state index in [4.69, 9.17) is 26.1 Å². The van der Waals surface area contributed by atoms with Crippen LogP contribution in [-0.4, -0.2) is 41.4 Å². The Bertz CT molecular complexity index is 517. The minimum Gasteiger partial charge on any atom is -0.373 e. The second kappa shape index (κ2) is 6.07. The first-order chi connectivity index (χ1) is 10.4. The highest BCUT2D eigenvalue weighted by Gasteiger charge is 2.45. The van der Waals surface area contributed by atoms with Crippen LogP contribution in [0.2, 0.25) is 5.02 Å². The summed E-state index contributed by atoms with van der Waals surface area (Å²) in [5.74, 6) is -1.64. The second-order valence-electron chi connectivity index (χ2n) is 6.52. The third kappa shape index (κ3) is 3.62. The topological polar surface area (TPSA) is 51.2 Å². The lowest BCUT2D eigenvalue weighted by Crippen LogP contribution is -2.58. The fraction of sp³-hybridized carbons (Fsp3) is 0.625. The van der Waals surface area contributed by atoms with Crippen molar-refractivity contribution in [3.8, 4) is 0 Å². The van der Waals surface area contributed by atoms with E-state index in [-0.39, 0.29) is 11.7 Å². The maximum atomic E-state index is 11.2. The van der Waals surface area contributed by atoms with Gasteiger partial charge in [0.2, 0.25) is 0 Å². The molecule has 6 heteroatoms. The van der Waals surface area contributed by atoms with Crippen LogP contribution in [0.4, 0.5) is 0 Å². The van der Waals surface area contributed by atoms with Gasteiger partial charge in [0.05, 0.1) is 18.3 Å². The van der Waals surface area contributed by atoms with Crippen LogP contribution in [0.3, 0.4) is 0 Å². The molecule has 122 valence electrons. The van der Waals surface area contributed by atoms with Gasteiger partial charge >= 0.3 is 0 Å². The largest absolute Gasteiger partial charge is 0.373 e. The Morgan fingerprint density at radius 2 is 2.00 bits per heavy atom. The van der Waals surface area contributed by atoms with Gasteiger partial charge in [0.25, 0.3) is 5.91 Å². The maximum absolute atomic E-state index is 11.2. The molecular formula is C16H22ClNO4. The normalized spacial score (nSPS) is 24.9. The molecule has 1 atom stereocenters. The molecule has 0 amide bonds. The van der Waals surface area contributed by atoms with E-state index in [9.17, 15) is 5.11 Å². The summed E-state index contributed by atoms with van der Waals surface area (Å²) in [4.78, 5) is 12.7. The summed E-state index contributed by atoms with van der Waals surface area (Å²) in [7, 11) is 0. The zero-order valence-electron chi connectivity index (χ0n) is 12.9. The first-order valence-electron chi connectivity index (χ1n) is 7.61. The molecule has 0 radical (unpaired) electrons. The van der Waals surface area contributed by atoms with E-state index in [0.717, 1.165) is 12.8 Å². The molecule has 5 nitrogen and oxygen atoms in total. The van der Waals surface area contributed by atoms with Crippen LogP contribution >= 0.6 is 11.6 Å². The van der Waals surface area contributed by atoms with Crippen LogP contribution in [0.5, 0.6) is 0 Å². The predicted octanol–water partition coefficient (Wildman–Crippen LogP) is 2.66. The van der Waals surface area contributed by atoms with Crippen LogP contribution < -0.4 is 0 Å². The summed E-state index contributed by atoms with van der Waals surface area (Å²) in [6.07, 6.45) is 2.00. The molecule has 2 aliphatic rings. The lowest BCUT2D eigenvalue weighted by Gasteiger charge is -2.45. The van der Waals surface area contributed by atoms with Gasteiger partial charge in [-0.1, -0.05) is 23.7 Å². The molecule has 1 saturated heterocycles. The Morgan fingerprint density at radius 1 is 1.32 bits per heavy atom. The first-order valence-corrected chi connectivity index (χ1v) is 7.99. The van der Waals surface area contributed by atoms with Crippen LogP contribution in [0.15, 0.2) is 24.3 Å². The molecule has 0 bridgehead atoms. The van der Waals surface area contributed by atoms with Crippen LogP contribution in [-0.2, 0) is 20.4 Å². The highest BCUT2D eigenvalue weighted by atomic mass is 35.5. The minimum absolute atomic E-state index is 0.0767. The standard InChI is InChI=1S/C16H22ClNO4/c1-15(2)11-18(9-10-20-15)16(19,22-21-14-7-8-14)12-3-5-13(17)6-4-12/h3-6,14,19H,7-11H2,1-2H3. The quantitative estimate of drug-likeness (QED) is 0.512. The Balaban J connectivity index is 1.85. The van der Waals surface area contributed by atoms with Crippen LogP contribution in [0, 0.1) is 0 Å². The van der Waals surface area contributed by atoms with E-state index >= 15 is 0 Å². The Labute approximate surface area is 135 Å². The molecule has 1 aliphatic carbocycles. The van der Waals surface area contributed by atoms with Gasteiger partial charge in [-0.15, -0.1) is 0 Å². The monoisotopic (exact) mass is 327 g/mol. The number of hydrogen-bond acceptors (Lipinski definition) is 5. The van der Waals surface area contributed by atoms with Gasteiger partial charge in [-0.2, -0.15) is 4.89 Å². The van der Waals surface area contributed by atoms with Crippen molar-refractivity contribution in [2.45, 2.75) is 44.3 Å². The number of benzene rings is 1. The number of rotatable bonds is 5. The number of nitrogens with zero attached hydrogens (tertiary/aromatic N) is 1. The third-order valence-electron chi connectivity index (χ3n) is 3.90. The lowest BCUT2D eigenvalue weighted by atomic mass is 10.0. The van der Waals surface area contributed by atoms with E-state index in [1.807, 2.05) is 18.7 Å². The summed E-state index contributed by atoms with van der Waals surface area (Å²) in [5.41, 5.74) is 0.233. The van der Waals surface area contributed by atoms with Gasteiger partial charge in [-0.05, 0) is 38.8 Å². The molecule has 1 unspecified atom stereocenters. The number of hydrogen-bond donors (Lipinski definition) is 1. The van der Waals surface area contributed by atoms with Gasteiger partial charge in [-0.3, -0.25) is 0 Å². The van der Waals surface area contributed by atoms with Crippen molar-refractivity contribution < 1.29 is 19.6 Å². The van der Waals surface area contributed by atoms with Gasteiger partial charge in [-0.25, -0.2) is 9.79 Å². The molecule has 1 aliphatic heterocycles. The van der Waals surface area contributed by atoms with E-state index in [1.54, 1.807) is 24.3 Å². The van der Waals surface area contributed by atoms with Crippen molar-refractivity contribution in [1.29, 1.82) is 0 Å². The lowest BCUT2D eigenvalue weighted by molar-refractivity contribution is -0.480. The molecule has 22 heavy (non-hydrogen) atoms. The Kier molecular flexibility index (Phi) is 4.47. The molecule has 0 aromatic heterocycles. The average Bonchev–Trinajstić information content (AvgIpc) is 3.28.